The van der Waals surface area contributed by atoms with Crippen LogP contribution in [-0.4, -0.2) is 46.7 Å². The van der Waals surface area contributed by atoms with Gasteiger partial charge in [0.1, 0.15) is 11.5 Å². The Hall–Kier alpha value is -2.83. The van der Waals surface area contributed by atoms with Crippen LogP contribution >= 0.6 is 0 Å². The van der Waals surface area contributed by atoms with Gasteiger partial charge in [0, 0.05) is 45.0 Å². The lowest BCUT2D eigenvalue weighted by Gasteiger charge is -2.29. The standard InChI is InChI=1S/C23H27N5O/c1-17-6-8-18(9-7-17)15-28-13-10-19-21(16-28)26-23(20-5-3-4-11-24-20)27-22(19)25-12-14-29-2/h3-9,11H,10,12-16H2,1-2H3,(H,25,26,27). The molecule has 0 unspecified atom stereocenters. The molecule has 6 heteroatoms. The van der Waals surface area contributed by atoms with Crippen LogP contribution in [0.5, 0.6) is 0 Å². The highest BCUT2D eigenvalue weighted by molar-refractivity contribution is 5.57. The van der Waals surface area contributed by atoms with Crippen molar-refractivity contribution in [1.29, 1.82) is 0 Å². The van der Waals surface area contributed by atoms with E-state index in [0.29, 0.717) is 19.0 Å². The quantitative estimate of drug-likeness (QED) is 0.625. The van der Waals surface area contributed by atoms with Crippen molar-refractivity contribution in [3.8, 4) is 11.5 Å². The van der Waals surface area contributed by atoms with Crippen LogP contribution in [0, 0.1) is 6.92 Å². The second-order valence-corrected chi connectivity index (χ2v) is 7.40. The molecule has 29 heavy (non-hydrogen) atoms. The van der Waals surface area contributed by atoms with Gasteiger partial charge in [0.2, 0.25) is 0 Å². The molecule has 0 fully saturated rings. The molecule has 2 aromatic heterocycles. The molecular formula is C23H27N5O. The van der Waals surface area contributed by atoms with Crippen LogP contribution < -0.4 is 5.32 Å². The summed E-state index contributed by atoms with van der Waals surface area (Å²) in [6.07, 6.45) is 2.71. The summed E-state index contributed by atoms with van der Waals surface area (Å²) < 4.78 is 5.19. The van der Waals surface area contributed by atoms with Crippen molar-refractivity contribution in [1.82, 2.24) is 19.9 Å². The lowest BCUT2D eigenvalue weighted by molar-refractivity contribution is 0.210. The van der Waals surface area contributed by atoms with E-state index < -0.39 is 0 Å². The monoisotopic (exact) mass is 389 g/mol. The van der Waals surface area contributed by atoms with Crippen molar-refractivity contribution >= 4 is 5.82 Å². The SMILES string of the molecule is COCCNc1nc(-c2ccccn2)nc2c1CCN(Cc1ccc(C)cc1)C2. The first-order valence-electron chi connectivity index (χ1n) is 10.0. The number of ether oxygens (including phenoxy) is 1. The van der Waals surface area contributed by atoms with Crippen molar-refractivity contribution < 1.29 is 4.74 Å². The number of nitrogens with one attached hydrogen (secondary N) is 1. The first-order valence-corrected chi connectivity index (χ1v) is 10.0. The molecule has 0 saturated carbocycles. The lowest BCUT2D eigenvalue weighted by Crippen LogP contribution is -2.32. The zero-order chi connectivity index (χ0) is 20.1. The average molecular weight is 390 g/mol. The molecule has 0 amide bonds. The molecular weight excluding hydrogens is 362 g/mol. The molecule has 0 spiro atoms. The average Bonchev–Trinajstić information content (AvgIpc) is 2.76. The molecule has 1 aromatic carbocycles. The second kappa shape index (κ2) is 9.11. The summed E-state index contributed by atoms with van der Waals surface area (Å²) in [7, 11) is 1.71. The molecule has 1 N–H and O–H groups in total. The van der Waals surface area contributed by atoms with Crippen LogP contribution in [0.15, 0.2) is 48.7 Å². The van der Waals surface area contributed by atoms with Crippen molar-refractivity contribution in [2.45, 2.75) is 26.4 Å². The van der Waals surface area contributed by atoms with Crippen LogP contribution in [0.2, 0.25) is 0 Å². The Morgan fingerprint density at radius 3 is 2.72 bits per heavy atom. The van der Waals surface area contributed by atoms with Crippen LogP contribution in [-0.2, 0) is 24.2 Å². The summed E-state index contributed by atoms with van der Waals surface area (Å²) in [5.74, 6) is 1.57. The smallest absolute Gasteiger partial charge is 0.180 e. The molecule has 1 aliphatic rings. The molecule has 0 aliphatic carbocycles. The highest BCUT2D eigenvalue weighted by atomic mass is 16.5. The number of hydrogen-bond acceptors (Lipinski definition) is 6. The van der Waals surface area contributed by atoms with Crippen molar-refractivity contribution in [3.63, 3.8) is 0 Å². The van der Waals surface area contributed by atoms with Gasteiger partial charge in [0.05, 0.1) is 12.3 Å². The van der Waals surface area contributed by atoms with E-state index in [1.807, 2.05) is 18.2 Å². The molecule has 150 valence electrons. The number of aromatic nitrogens is 3. The fourth-order valence-corrected chi connectivity index (χ4v) is 3.60. The Balaban J connectivity index is 1.60. The van der Waals surface area contributed by atoms with Gasteiger partial charge in [0.15, 0.2) is 5.82 Å². The van der Waals surface area contributed by atoms with Gasteiger partial charge in [0.25, 0.3) is 0 Å². The minimum atomic E-state index is 0.636. The number of rotatable bonds is 7. The molecule has 3 aromatic rings. The predicted molar refractivity (Wildman–Crippen MR) is 115 cm³/mol. The van der Waals surface area contributed by atoms with E-state index in [-0.39, 0.29) is 0 Å². The summed E-state index contributed by atoms with van der Waals surface area (Å²) in [6, 6.07) is 14.6. The summed E-state index contributed by atoms with van der Waals surface area (Å²) in [5, 5.41) is 3.43. The van der Waals surface area contributed by atoms with Crippen molar-refractivity contribution in [2.24, 2.45) is 0 Å². The van der Waals surface area contributed by atoms with Gasteiger partial charge in [-0.2, -0.15) is 0 Å². The van der Waals surface area contributed by atoms with Crippen LogP contribution in [0.1, 0.15) is 22.4 Å². The van der Waals surface area contributed by atoms with Gasteiger partial charge >= 0.3 is 0 Å². The number of aryl methyl sites for hydroxylation is 1. The van der Waals surface area contributed by atoms with E-state index in [1.165, 1.54) is 16.7 Å². The highest BCUT2D eigenvalue weighted by Gasteiger charge is 2.23. The van der Waals surface area contributed by atoms with Gasteiger partial charge < -0.3 is 10.1 Å². The minimum absolute atomic E-state index is 0.636. The maximum Gasteiger partial charge on any atom is 0.180 e. The Bertz CT molecular complexity index is 943. The predicted octanol–water partition coefficient (Wildman–Crippen LogP) is 3.46. The Morgan fingerprint density at radius 1 is 1.10 bits per heavy atom. The molecule has 0 radical (unpaired) electrons. The van der Waals surface area contributed by atoms with Gasteiger partial charge in [-0.05, 0) is 31.0 Å². The summed E-state index contributed by atoms with van der Waals surface area (Å²) >= 11 is 0. The second-order valence-electron chi connectivity index (χ2n) is 7.40. The fraction of sp³-hybridized carbons (Fsp3) is 0.348. The number of anilines is 1. The van der Waals surface area contributed by atoms with Gasteiger partial charge in [-0.1, -0.05) is 35.9 Å². The molecule has 4 rings (SSSR count). The molecule has 0 bridgehead atoms. The number of hydrogen-bond donors (Lipinski definition) is 1. The first kappa shape index (κ1) is 19.5. The van der Waals surface area contributed by atoms with E-state index in [0.717, 1.165) is 43.3 Å². The van der Waals surface area contributed by atoms with Crippen LogP contribution in [0.25, 0.3) is 11.5 Å². The molecule has 3 heterocycles. The van der Waals surface area contributed by atoms with E-state index in [2.05, 4.69) is 46.4 Å². The molecule has 0 saturated heterocycles. The van der Waals surface area contributed by atoms with E-state index in [1.54, 1.807) is 13.3 Å². The van der Waals surface area contributed by atoms with Crippen molar-refractivity contribution in [2.75, 3.05) is 32.1 Å². The Kier molecular flexibility index (Phi) is 6.12. The van der Waals surface area contributed by atoms with E-state index >= 15 is 0 Å². The highest BCUT2D eigenvalue weighted by Crippen LogP contribution is 2.27. The number of benzene rings is 1. The van der Waals surface area contributed by atoms with Gasteiger partial charge in [-0.25, -0.2) is 9.97 Å². The topological polar surface area (TPSA) is 63.2 Å². The molecule has 1 aliphatic heterocycles. The molecule has 6 nitrogen and oxygen atoms in total. The third-order valence-electron chi connectivity index (χ3n) is 5.16. The third kappa shape index (κ3) is 4.78. The van der Waals surface area contributed by atoms with Crippen LogP contribution in [0.3, 0.4) is 0 Å². The maximum absolute atomic E-state index is 5.19. The van der Waals surface area contributed by atoms with E-state index in [9.17, 15) is 0 Å². The lowest BCUT2D eigenvalue weighted by atomic mass is 10.0. The largest absolute Gasteiger partial charge is 0.383 e. The summed E-state index contributed by atoms with van der Waals surface area (Å²) in [4.78, 5) is 16.6. The molecule has 0 atom stereocenters. The zero-order valence-electron chi connectivity index (χ0n) is 17.1. The minimum Gasteiger partial charge on any atom is -0.383 e. The van der Waals surface area contributed by atoms with Crippen LogP contribution in [0.4, 0.5) is 5.82 Å². The van der Waals surface area contributed by atoms with Gasteiger partial charge in [-0.3, -0.25) is 9.88 Å². The van der Waals surface area contributed by atoms with E-state index in [4.69, 9.17) is 14.7 Å². The fourth-order valence-electron chi connectivity index (χ4n) is 3.60. The Morgan fingerprint density at radius 2 is 1.97 bits per heavy atom. The maximum atomic E-state index is 5.19. The zero-order valence-corrected chi connectivity index (χ0v) is 17.1. The summed E-state index contributed by atoms with van der Waals surface area (Å²) in [5.41, 5.74) is 5.70. The first-order chi connectivity index (χ1) is 14.2. The van der Waals surface area contributed by atoms with Gasteiger partial charge in [-0.15, -0.1) is 0 Å². The number of methoxy groups -OCH3 is 1. The number of pyridine rings is 1. The number of fused-ring (bicyclic) bond motifs is 1. The normalized spacial score (nSPS) is 13.9. The Labute approximate surface area is 172 Å². The van der Waals surface area contributed by atoms with Crippen molar-refractivity contribution in [3.05, 3.63) is 71.0 Å². The number of nitrogens with zero attached hydrogens (tertiary/aromatic N) is 4. The third-order valence-corrected chi connectivity index (χ3v) is 5.16. The summed E-state index contributed by atoms with van der Waals surface area (Å²) in [6.45, 7) is 6.20.